The van der Waals surface area contributed by atoms with Gasteiger partial charge in [-0.25, -0.2) is 0 Å². The van der Waals surface area contributed by atoms with Crippen molar-refractivity contribution in [1.82, 2.24) is 4.90 Å². The van der Waals surface area contributed by atoms with E-state index in [-0.39, 0.29) is 24.4 Å². The van der Waals surface area contributed by atoms with Crippen molar-refractivity contribution in [1.29, 1.82) is 0 Å². The number of carbonyl (C=O) groups excluding carboxylic acids is 2. The fraction of sp³-hybridized carbons (Fsp3) is 0.333. The van der Waals surface area contributed by atoms with Crippen LogP contribution in [0.15, 0.2) is 42.5 Å². The lowest BCUT2D eigenvalue weighted by atomic mass is 10.1. The van der Waals surface area contributed by atoms with Crippen LogP contribution in [0.1, 0.15) is 42.7 Å². The zero-order chi connectivity index (χ0) is 20.7. The summed E-state index contributed by atoms with van der Waals surface area (Å²) in [7, 11) is 0. The highest BCUT2D eigenvalue weighted by molar-refractivity contribution is 6.35. The van der Waals surface area contributed by atoms with E-state index in [1.54, 1.807) is 41.3 Å². The van der Waals surface area contributed by atoms with Crippen LogP contribution in [0.25, 0.3) is 0 Å². The average Bonchev–Trinajstić information content (AvgIpc) is 2.67. The van der Waals surface area contributed by atoms with E-state index in [1.807, 2.05) is 32.2 Å². The molecule has 0 spiro atoms. The first-order valence-electron chi connectivity index (χ1n) is 9.33. The van der Waals surface area contributed by atoms with Crippen molar-refractivity contribution in [3.05, 3.63) is 63.6 Å². The van der Waals surface area contributed by atoms with Crippen LogP contribution in [-0.2, 0) is 4.79 Å². The van der Waals surface area contributed by atoms with E-state index in [1.165, 1.54) is 0 Å². The molecule has 0 saturated carbocycles. The molecule has 7 heteroatoms. The predicted molar refractivity (Wildman–Crippen MR) is 114 cm³/mol. The number of nitrogens with two attached hydrogens (primary N) is 1. The number of halogens is 2. The van der Waals surface area contributed by atoms with Gasteiger partial charge in [-0.15, -0.1) is 0 Å². The standard InChI is InChI=1S/C21H25Cl2N3O2/c1-4-26(5-2)21(28)15-6-9-17(10-7-15)25-20(27)13-24-14(3)18-11-8-16(22)12-19(18)23/h6-12,14,24H,4-5,13H2,1-3H3,(H,25,27)/p+1/t14-/m1/s1. The van der Waals surface area contributed by atoms with Crippen molar-refractivity contribution < 1.29 is 14.9 Å². The summed E-state index contributed by atoms with van der Waals surface area (Å²) in [5.41, 5.74) is 2.20. The minimum absolute atomic E-state index is 0.00937. The van der Waals surface area contributed by atoms with Crippen LogP contribution in [-0.4, -0.2) is 36.3 Å². The summed E-state index contributed by atoms with van der Waals surface area (Å²) in [5.74, 6) is -0.135. The van der Waals surface area contributed by atoms with Gasteiger partial charge in [-0.1, -0.05) is 29.3 Å². The fourth-order valence-electron chi connectivity index (χ4n) is 2.88. The second kappa shape index (κ2) is 10.5. The van der Waals surface area contributed by atoms with Gasteiger partial charge in [-0.3, -0.25) is 9.59 Å². The Bertz CT molecular complexity index is 821. The van der Waals surface area contributed by atoms with Crippen LogP contribution >= 0.6 is 23.2 Å². The highest BCUT2D eigenvalue weighted by Gasteiger charge is 2.16. The maximum atomic E-state index is 12.3. The largest absolute Gasteiger partial charge is 0.339 e. The lowest BCUT2D eigenvalue weighted by Crippen LogP contribution is -2.86. The highest BCUT2D eigenvalue weighted by atomic mass is 35.5. The number of benzene rings is 2. The molecule has 0 bridgehead atoms. The van der Waals surface area contributed by atoms with E-state index in [0.717, 1.165) is 5.56 Å². The van der Waals surface area contributed by atoms with E-state index < -0.39 is 0 Å². The van der Waals surface area contributed by atoms with E-state index in [0.29, 0.717) is 34.4 Å². The highest BCUT2D eigenvalue weighted by Crippen LogP contribution is 2.24. The Morgan fingerprint density at radius 2 is 1.71 bits per heavy atom. The number of hydrogen-bond donors (Lipinski definition) is 2. The molecule has 2 aromatic carbocycles. The smallest absolute Gasteiger partial charge is 0.279 e. The number of quaternary nitrogens is 1. The molecule has 0 aromatic heterocycles. The molecule has 0 heterocycles. The first-order valence-corrected chi connectivity index (χ1v) is 10.1. The molecule has 5 nitrogen and oxygen atoms in total. The van der Waals surface area contributed by atoms with Gasteiger partial charge >= 0.3 is 0 Å². The van der Waals surface area contributed by atoms with Crippen molar-refractivity contribution in [3.63, 3.8) is 0 Å². The summed E-state index contributed by atoms with van der Waals surface area (Å²) in [6, 6.07) is 12.3. The molecular formula is C21H26Cl2N3O2+. The summed E-state index contributed by atoms with van der Waals surface area (Å²) in [6.07, 6.45) is 0. The van der Waals surface area contributed by atoms with Gasteiger partial charge in [-0.05, 0) is 57.2 Å². The van der Waals surface area contributed by atoms with Crippen molar-refractivity contribution in [2.75, 3.05) is 25.0 Å². The number of hydrogen-bond acceptors (Lipinski definition) is 2. The Labute approximate surface area is 176 Å². The Balaban J connectivity index is 1.90. The van der Waals surface area contributed by atoms with Crippen LogP contribution in [0.5, 0.6) is 0 Å². The number of carbonyl (C=O) groups is 2. The fourth-order valence-corrected chi connectivity index (χ4v) is 3.46. The number of nitrogens with zero attached hydrogens (tertiary/aromatic N) is 1. The summed E-state index contributed by atoms with van der Waals surface area (Å²) in [4.78, 5) is 26.3. The predicted octanol–water partition coefficient (Wildman–Crippen LogP) is 3.74. The van der Waals surface area contributed by atoms with Gasteiger partial charge in [0.25, 0.3) is 11.8 Å². The number of nitrogens with one attached hydrogen (secondary N) is 1. The maximum absolute atomic E-state index is 12.3. The summed E-state index contributed by atoms with van der Waals surface area (Å²) < 4.78 is 0. The molecule has 150 valence electrons. The molecule has 0 aliphatic carbocycles. The van der Waals surface area contributed by atoms with Gasteiger partial charge < -0.3 is 15.5 Å². The third-order valence-electron chi connectivity index (χ3n) is 4.58. The normalized spacial score (nSPS) is 11.8. The minimum atomic E-state index is -0.125. The third kappa shape index (κ3) is 5.96. The van der Waals surface area contributed by atoms with E-state index in [2.05, 4.69) is 5.32 Å². The van der Waals surface area contributed by atoms with Crippen molar-refractivity contribution in [2.45, 2.75) is 26.8 Å². The number of amides is 2. The van der Waals surface area contributed by atoms with Gasteiger partial charge in [0, 0.05) is 34.9 Å². The molecule has 2 amide bonds. The molecule has 3 N–H and O–H groups in total. The van der Waals surface area contributed by atoms with E-state index >= 15 is 0 Å². The van der Waals surface area contributed by atoms with Gasteiger partial charge in [0.1, 0.15) is 6.04 Å². The second-order valence-corrected chi connectivity index (χ2v) is 7.34. The van der Waals surface area contributed by atoms with Gasteiger partial charge in [0.15, 0.2) is 6.54 Å². The molecule has 0 fully saturated rings. The number of rotatable bonds is 8. The third-order valence-corrected chi connectivity index (χ3v) is 5.14. The zero-order valence-corrected chi connectivity index (χ0v) is 17.8. The molecule has 0 saturated heterocycles. The quantitative estimate of drug-likeness (QED) is 0.680. The summed E-state index contributed by atoms with van der Waals surface area (Å²) in [6.45, 7) is 7.46. The maximum Gasteiger partial charge on any atom is 0.279 e. The van der Waals surface area contributed by atoms with Crippen LogP contribution in [0.3, 0.4) is 0 Å². The van der Waals surface area contributed by atoms with Crippen molar-refractivity contribution in [3.8, 4) is 0 Å². The Kier molecular flexibility index (Phi) is 8.30. The minimum Gasteiger partial charge on any atom is -0.339 e. The molecule has 0 aliphatic heterocycles. The molecule has 1 atom stereocenters. The van der Waals surface area contributed by atoms with Crippen molar-refractivity contribution in [2.24, 2.45) is 0 Å². The first-order chi connectivity index (χ1) is 13.3. The molecule has 0 unspecified atom stereocenters. The van der Waals surface area contributed by atoms with Gasteiger partial charge in [-0.2, -0.15) is 0 Å². The Hall–Kier alpha value is -2.08. The van der Waals surface area contributed by atoms with Crippen LogP contribution in [0.4, 0.5) is 5.69 Å². The monoisotopic (exact) mass is 422 g/mol. The van der Waals surface area contributed by atoms with Crippen LogP contribution in [0.2, 0.25) is 10.0 Å². The molecule has 28 heavy (non-hydrogen) atoms. The Morgan fingerprint density at radius 3 is 2.29 bits per heavy atom. The Morgan fingerprint density at radius 1 is 1.07 bits per heavy atom. The molecule has 0 radical (unpaired) electrons. The summed E-state index contributed by atoms with van der Waals surface area (Å²) in [5, 5.41) is 5.93. The SMILES string of the molecule is CCN(CC)C(=O)c1ccc(NC(=O)C[NH2+][C@H](C)c2ccc(Cl)cc2Cl)cc1. The van der Waals surface area contributed by atoms with Crippen LogP contribution < -0.4 is 10.6 Å². The average molecular weight is 423 g/mol. The van der Waals surface area contributed by atoms with Gasteiger partial charge in [0.2, 0.25) is 0 Å². The number of anilines is 1. The zero-order valence-electron chi connectivity index (χ0n) is 16.3. The van der Waals surface area contributed by atoms with Crippen molar-refractivity contribution >= 4 is 40.7 Å². The topological polar surface area (TPSA) is 66.0 Å². The van der Waals surface area contributed by atoms with Gasteiger partial charge in [0.05, 0.1) is 5.02 Å². The van der Waals surface area contributed by atoms with E-state index in [4.69, 9.17) is 23.2 Å². The molecule has 0 aliphatic rings. The second-order valence-electron chi connectivity index (χ2n) is 6.50. The summed E-state index contributed by atoms with van der Waals surface area (Å²) >= 11 is 12.1. The van der Waals surface area contributed by atoms with E-state index in [9.17, 15) is 9.59 Å². The molecule has 2 rings (SSSR count). The lowest BCUT2D eigenvalue weighted by Gasteiger charge is -2.18. The molecule has 2 aromatic rings. The lowest BCUT2D eigenvalue weighted by molar-refractivity contribution is -0.682. The van der Waals surface area contributed by atoms with Crippen LogP contribution in [0, 0.1) is 0 Å². The molecular weight excluding hydrogens is 397 g/mol. The first kappa shape index (κ1) is 22.2.